The fourth-order valence-electron chi connectivity index (χ4n) is 3.20. The molecule has 0 bridgehead atoms. The number of hydrogen-bond donors (Lipinski definition) is 1. The average molecular weight is 436 g/mol. The number of halogens is 1. The number of anilines is 1. The highest BCUT2D eigenvalue weighted by Gasteiger charge is 2.17. The molecule has 0 aliphatic heterocycles. The second-order valence-corrected chi connectivity index (χ2v) is 7.37. The third kappa shape index (κ3) is 4.24. The van der Waals surface area contributed by atoms with Gasteiger partial charge in [0.05, 0.1) is 17.8 Å². The first-order valence-corrected chi connectivity index (χ1v) is 9.86. The van der Waals surface area contributed by atoms with Crippen LogP contribution in [0, 0.1) is 6.92 Å². The number of aromatic nitrogens is 4. The number of aryl methyl sites for hydroxylation is 1. The molecule has 1 aromatic carbocycles. The van der Waals surface area contributed by atoms with Gasteiger partial charge in [0.2, 0.25) is 5.91 Å². The molecule has 3 heterocycles. The predicted molar refractivity (Wildman–Crippen MR) is 118 cm³/mol. The number of nitrogens with one attached hydrogen (secondary N) is 1. The van der Waals surface area contributed by atoms with Crippen molar-refractivity contribution in [2.45, 2.75) is 20.0 Å². The normalized spacial score (nSPS) is 10.9. The molecule has 0 atom stereocenters. The van der Waals surface area contributed by atoms with Crippen LogP contribution in [-0.2, 0) is 17.9 Å². The van der Waals surface area contributed by atoms with Crippen LogP contribution in [0.1, 0.15) is 11.3 Å². The molecule has 0 radical (unpaired) electrons. The Bertz CT molecular complexity index is 1400. The molecule has 1 N–H and O–H groups in total. The van der Waals surface area contributed by atoms with Gasteiger partial charge >= 0.3 is 5.69 Å². The van der Waals surface area contributed by atoms with E-state index in [0.717, 1.165) is 10.1 Å². The summed E-state index contributed by atoms with van der Waals surface area (Å²) >= 11 is 6.12. The van der Waals surface area contributed by atoms with Gasteiger partial charge in [0.15, 0.2) is 5.52 Å². The highest BCUT2D eigenvalue weighted by molar-refractivity contribution is 6.31. The molecule has 1 amide bonds. The zero-order chi connectivity index (χ0) is 22.0. The van der Waals surface area contributed by atoms with E-state index in [4.69, 9.17) is 11.6 Å². The maximum Gasteiger partial charge on any atom is 0.332 e. The molecule has 0 fully saturated rings. The Balaban J connectivity index is 1.74. The van der Waals surface area contributed by atoms with Crippen LogP contribution in [0.25, 0.3) is 11.0 Å². The Morgan fingerprint density at radius 2 is 1.84 bits per heavy atom. The molecule has 156 valence electrons. The fraction of sp³-hybridized carbons (Fsp3) is 0.136. The number of benzene rings is 1. The molecular formula is C22H18ClN5O3. The molecule has 0 spiro atoms. The van der Waals surface area contributed by atoms with Crippen molar-refractivity contribution >= 4 is 34.2 Å². The zero-order valence-electron chi connectivity index (χ0n) is 16.6. The van der Waals surface area contributed by atoms with E-state index in [-0.39, 0.29) is 24.1 Å². The van der Waals surface area contributed by atoms with Crippen LogP contribution in [0.2, 0.25) is 5.02 Å². The molecule has 0 saturated carbocycles. The molecular weight excluding hydrogens is 418 g/mol. The van der Waals surface area contributed by atoms with E-state index in [0.29, 0.717) is 16.4 Å². The van der Waals surface area contributed by atoms with Crippen LogP contribution in [0.3, 0.4) is 0 Å². The number of rotatable bonds is 5. The van der Waals surface area contributed by atoms with Gasteiger partial charge in [-0.25, -0.2) is 9.78 Å². The molecule has 0 aliphatic rings. The molecule has 31 heavy (non-hydrogen) atoms. The Kier molecular flexibility index (Phi) is 5.64. The van der Waals surface area contributed by atoms with Gasteiger partial charge in [0.1, 0.15) is 6.54 Å². The number of pyridine rings is 2. The lowest BCUT2D eigenvalue weighted by Crippen LogP contribution is -2.42. The van der Waals surface area contributed by atoms with Crippen molar-refractivity contribution in [3.05, 3.63) is 98.0 Å². The van der Waals surface area contributed by atoms with Crippen LogP contribution in [-0.4, -0.2) is 25.0 Å². The molecule has 8 nitrogen and oxygen atoms in total. The van der Waals surface area contributed by atoms with Crippen molar-refractivity contribution in [2.24, 2.45) is 0 Å². The largest absolute Gasteiger partial charge is 0.332 e. The molecule has 0 aliphatic carbocycles. The average Bonchev–Trinajstić information content (AvgIpc) is 2.77. The minimum Gasteiger partial charge on any atom is -0.324 e. The molecule has 9 heteroatoms. The summed E-state index contributed by atoms with van der Waals surface area (Å²) in [4.78, 5) is 47.1. The van der Waals surface area contributed by atoms with Crippen molar-refractivity contribution in [3.8, 4) is 0 Å². The van der Waals surface area contributed by atoms with E-state index in [1.54, 1.807) is 54.7 Å². The van der Waals surface area contributed by atoms with Gasteiger partial charge in [-0.1, -0.05) is 23.7 Å². The van der Waals surface area contributed by atoms with Gasteiger partial charge in [0.25, 0.3) is 5.56 Å². The van der Waals surface area contributed by atoms with Crippen LogP contribution >= 0.6 is 11.6 Å². The van der Waals surface area contributed by atoms with E-state index in [9.17, 15) is 14.4 Å². The summed E-state index contributed by atoms with van der Waals surface area (Å²) in [5.41, 5.74) is 1.17. The minimum atomic E-state index is -0.617. The number of fused-ring (bicyclic) bond motifs is 1. The maximum absolute atomic E-state index is 13.2. The van der Waals surface area contributed by atoms with E-state index in [1.807, 2.05) is 6.92 Å². The summed E-state index contributed by atoms with van der Waals surface area (Å²) in [5, 5.41) is 3.25. The first-order chi connectivity index (χ1) is 14.9. The number of hydrogen-bond acceptors (Lipinski definition) is 5. The molecule has 4 rings (SSSR count). The van der Waals surface area contributed by atoms with Gasteiger partial charge in [0, 0.05) is 23.1 Å². The predicted octanol–water partition coefficient (Wildman–Crippen LogP) is 2.60. The van der Waals surface area contributed by atoms with Gasteiger partial charge in [-0.05, 0) is 48.9 Å². The molecule has 0 unspecified atom stereocenters. The quantitative estimate of drug-likeness (QED) is 0.519. The second-order valence-electron chi connectivity index (χ2n) is 6.96. The second kappa shape index (κ2) is 8.53. The third-order valence-corrected chi connectivity index (χ3v) is 5.20. The Morgan fingerprint density at radius 3 is 2.58 bits per heavy atom. The monoisotopic (exact) mass is 435 g/mol. The van der Waals surface area contributed by atoms with Crippen molar-refractivity contribution in [3.63, 3.8) is 0 Å². The Labute approximate surface area is 181 Å². The molecule has 3 aromatic heterocycles. The van der Waals surface area contributed by atoms with E-state index in [2.05, 4.69) is 15.3 Å². The van der Waals surface area contributed by atoms with Crippen LogP contribution < -0.4 is 16.6 Å². The highest BCUT2D eigenvalue weighted by Crippen LogP contribution is 2.20. The zero-order valence-corrected chi connectivity index (χ0v) is 17.3. The van der Waals surface area contributed by atoms with Crippen molar-refractivity contribution in [2.75, 3.05) is 5.32 Å². The summed E-state index contributed by atoms with van der Waals surface area (Å²) in [6.07, 6.45) is 3.05. The van der Waals surface area contributed by atoms with Gasteiger partial charge < -0.3 is 5.32 Å². The smallest absolute Gasteiger partial charge is 0.324 e. The van der Waals surface area contributed by atoms with E-state index >= 15 is 0 Å². The van der Waals surface area contributed by atoms with Crippen molar-refractivity contribution in [1.29, 1.82) is 0 Å². The minimum absolute atomic E-state index is 0.0276. The van der Waals surface area contributed by atoms with Crippen molar-refractivity contribution in [1.82, 2.24) is 19.1 Å². The maximum atomic E-state index is 13.2. The number of carbonyl (C=O) groups excluding carboxylic acids is 1. The van der Waals surface area contributed by atoms with E-state index < -0.39 is 17.2 Å². The summed E-state index contributed by atoms with van der Waals surface area (Å²) in [5.74, 6) is -0.435. The van der Waals surface area contributed by atoms with Crippen LogP contribution in [0.15, 0.2) is 70.5 Å². The Morgan fingerprint density at radius 1 is 1.03 bits per heavy atom. The summed E-state index contributed by atoms with van der Waals surface area (Å²) < 4.78 is 2.27. The summed E-state index contributed by atoms with van der Waals surface area (Å²) in [6, 6.07) is 13.6. The van der Waals surface area contributed by atoms with Gasteiger partial charge in [-0.15, -0.1) is 0 Å². The Hall–Kier alpha value is -3.78. The first kappa shape index (κ1) is 20.5. The number of amides is 1. The van der Waals surface area contributed by atoms with Crippen LogP contribution in [0.5, 0.6) is 0 Å². The lowest BCUT2D eigenvalue weighted by molar-refractivity contribution is -0.116. The summed E-state index contributed by atoms with van der Waals surface area (Å²) in [7, 11) is 0. The van der Waals surface area contributed by atoms with E-state index in [1.165, 1.54) is 10.8 Å². The highest BCUT2D eigenvalue weighted by atomic mass is 35.5. The summed E-state index contributed by atoms with van der Waals surface area (Å²) in [6.45, 7) is 1.53. The number of carbonyl (C=O) groups is 1. The lowest BCUT2D eigenvalue weighted by atomic mass is 10.2. The lowest BCUT2D eigenvalue weighted by Gasteiger charge is -2.14. The molecule has 0 saturated heterocycles. The van der Waals surface area contributed by atoms with Gasteiger partial charge in [-0.3, -0.25) is 23.7 Å². The van der Waals surface area contributed by atoms with Crippen LogP contribution in [0.4, 0.5) is 5.69 Å². The molecule has 4 aromatic rings. The fourth-order valence-corrected chi connectivity index (χ4v) is 3.38. The topological polar surface area (TPSA) is 98.9 Å². The van der Waals surface area contributed by atoms with Crippen molar-refractivity contribution < 1.29 is 4.79 Å². The van der Waals surface area contributed by atoms with Gasteiger partial charge in [-0.2, -0.15) is 0 Å². The standard InChI is InChI=1S/C22H18ClN5O3/c1-14-7-8-15(11-17(14)23)26-19(29)13-27-18-6-4-10-25-20(18)21(30)28(22(27)31)12-16-5-2-3-9-24-16/h2-11H,12-13H2,1H3,(H,26,29). The SMILES string of the molecule is Cc1ccc(NC(=O)Cn2c(=O)n(Cc3ccccn3)c(=O)c3ncccc32)cc1Cl. The first-order valence-electron chi connectivity index (χ1n) is 9.48. The number of nitrogens with zero attached hydrogens (tertiary/aromatic N) is 4. The third-order valence-electron chi connectivity index (χ3n) is 4.79.